The summed E-state index contributed by atoms with van der Waals surface area (Å²) in [6, 6.07) is 9.73. The molecule has 4 heteroatoms. The number of rotatable bonds is 2. The molecule has 0 atom stereocenters. The van der Waals surface area contributed by atoms with Gasteiger partial charge in [-0.1, -0.05) is 30.3 Å². The van der Waals surface area contributed by atoms with Gasteiger partial charge in [0.1, 0.15) is 0 Å². The predicted octanol–water partition coefficient (Wildman–Crippen LogP) is 1.08. The molecule has 1 amide bonds. The minimum atomic E-state index is -0.384. The lowest BCUT2D eigenvalue weighted by Crippen LogP contribution is -2.41. The van der Waals surface area contributed by atoms with Gasteiger partial charge in [-0.05, 0) is 30.6 Å². The number of hydrogen-bond donors (Lipinski definition) is 2. The van der Waals surface area contributed by atoms with Crippen LogP contribution in [0.4, 0.5) is 0 Å². The molecule has 1 aromatic carbocycles. The molecular weight excluding hydrogens is 208 g/mol. The molecule has 0 heterocycles. The molecule has 0 saturated heterocycles. The smallest absolute Gasteiger partial charge is 0.236 e. The van der Waals surface area contributed by atoms with Gasteiger partial charge in [-0.2, -0.15) is 0 Å². The first-order valence-electron chi connectivity index (χ1n) is 4.81. The molecule has 15 heavy (non-hydrogen) atoms. The van der Waals surface area contributed by atoms with Crippen LogP contribution in [0, 0.1) is 0 Å². The molecule has 2 rings (SSSR count). The van der Waals surface area contributed by atoms with Gasteiger partial charge in [-0.15, -0.1) is 0 Å². The first kappa shape index (κ1) is 10.1. The second kappa shape index (κ2) is 3.62. The summed E-state index contributed by atoms with van der Waals surface area (Å²) in [5, 5.41) is 2.56. The Morgan fingerprint density at radius 2 is 1.93 bits per heavy atom. The van der Waals surface area contributed by atoms with Gasteiger partial charge in [0.2, 0.25) is 5.91 Å². The van der Waals surface area contributed by atoms with E-state index in [0.29, 0.717) is 0 Å². The average Bonchev–Trinajstić information content (AvgIpc) is 2.99. The monoisotopic (exact) mass is 220 g/mol. The number of nitrogens with one attached hydrogen (secondary N) is 1. The van der Waals surface area contributed by atoms with Crippen LogP contribution < -0.4 is 11.1 Å². The first-order valence-corrected chi connectivity index (χ1v) is 5.22. The topological polar surface area (TPSA) is 55.1 Å². The standard InChI is InChI=1S/C11H12N2OS/c12-10(15)13-9(14)11(6-7-11)8-4-2-1-3-5-8/h1-5H,6-7H2,(H3,12,13,14,15). The summed E-state index contributed by atoms with van der Waals surface area (Å²) in [5.41, 5.74) is 5.95. The van der Waals surface area contributed by atoms with Gasteiger partial charge in [0.05, 0.1) is 5.41 Å². The van der Waals surface area contributed by atoms with Crippen molar-refractivity contribution in [3.63, 3.8) is 0 Å². The van der Waals surface area contributed by atoms with E-state index in [0.717, 1.165) is 18.4 Å². The lowest BCUT2D eigenvalue weighted by atomic mass is 9.95. The van der Waals surface area contributed by atoms with Crippen LogP contribution in [0.2, 0.25) is 0 Å². The van der Waals surface area contributed by atoms with Crippen LogP contribution in [0.1, 0.15) is 18.4 Å². The Labute approximate surface area is 93.7 Å². The molecule has 0 aromatic heterocycles. The molecular formula is C11H12N2OS. The lowest BCUT2D eigenvalue weighted by molar-refractivity contribution is -0.122. The fourth-order valence-corrected chi connectivity index (χ4v) is 1.85. The van der Waals surface area contributed by atoms with Crippen molar-refractivity contribution in [3.8, 4) is 0 Å². The molecule has 0 spiro atoms. The molecule has 1 aliphatic carbocycles. The van der Waals surface area contributed by atoms with E-state index >= 15 is 0 Å². The Bertz CT molecular complexity index is 398. The fourth-order valence-electron chi connectivity index (χ4n) is 1.76. The van der Waals surface area contributed by atoms with E-state index in [1.54, 1.807) is 0 Å². The fraction of sp³-hybridized carbons (Fsp3) is 0.273. The van der Waals surface area contributed by atoms with Crippen LogP contribution in [0.5, 0.6) is 0 Å². The van der Waals surface area contributed by atoms with Crippen molar-refractivity contribution in [1.29, 1.82) is 0 Å². The van der Waals surface area contributed by atoms with Crippen molar-refractivity contribution >= 4 is 23.2 Å². The first-order chi connectivity index (χ1) is 7.15. The minimum Gasteiger partial charge on any atom is -0.376 e. The number of carbonyl (C=O) groups is 1. The highest BCUT2D eigenvalue weighted by atomic mass is 32.1. The largest absolute Gasteiger partial charge is 0.376 e. The molecule has 3 nitrogen and oxygen atoms in total. The Balaban J connectivity index is 2.21. The molecule has 0 radical (unpaired) electrons. The van der Waals surface area contributed by atoms with Crippen molar-refractivity contribution < 1.29 is 4.79 Å². The second-order valence-corrected chi connectivity index (χ2v) is 4.21. The summed E-state index contributed by atoms with van der Waals surface area (Å²) in [4.78, 5) is 11.9. The molecule has 1 saturated carbocycles. The zero-order valence-corrected chi connectivity index (χ0v) is 9.01. The maximum absolute atomic E-state index is 11.9. The van der Waals surface area contributed by atoms with Crippen LogP contribution in [-0.2, 0) is 10.2 Å². The maximum Gasteiger partial charge on any atom is 0.236 e. The Morgan fingerprint density at radius 1 is 1.33 bits per heavy atom. The van der Waals surface area contributed by atoms with Gasteiger partial charge in [0.15, 0.2) is 5.11 Å². The zero-order chi connectivity index (χ0) is 10.9. The van der Waals surface area contributed by atoms with E-state index in [1.165, 1.54) is 0 Å². The number of thiocarbonyl (C=S) groups is 1. The quantitative estimate of drug-likeness (QED) is 0.733. The summed E-state index contributed by atoms with van der Waals surface area (Å²) in [6.45, 7) is 0. The van der Waals surface area contributed by atoms with E-state index < -0.39 is 0 Å². The van der Waals surface area contributed by atoms with E-state index in [4.69, 9.17) is 5.73 Å². The normalized spacial score (nSPS) is 16.8. The Morgan fingerprint density at radius 3 is 2.40 bits per heavy atom. The van der Waals surface area contributed by atoms with E-state index in [9.17, 15) is 4.79 Å². The molecule has 0 bridgehead atoms. The van der Waals surface area contributed by atoms with Crippen molar-refractivity contribution in [3.05, 3.63) is 35.9 Å². The van der Waals surface area contributed by atoms with Crippen LogP contribution >= 0.6 is 12.2 Å². The SMILES string of the molecule is NC(=S)NC(=O)C1(c2ccccc2)CC1. The number of nitrogens with two attached hydrogens (primary N) is 1. The van der Waals surface area contributed by atoms with Crippen LogP contribution in [0.25, 0.3) is 0 Å². The van der Waals surface area contributed by atoms with Crippen LogP contribution in [0.15, 0.2) is 30.3 Å². The minimum absolute atomic E-state index is 0.0437. The van der Waals surface area contributed by atoms with Gasteiger partial charge in [0.25, 0.3) is 0 Å². The molecule has 0 unspecified atom stereocenters. The highest BCUT2D eigenvalue weighted by Gasteiger charge is 2.51. The van der Waals surface area contributed by atoms with Crippen molar-refractivity contribution in [2.24, 2.45) is 5.73 Å². The summed E-state index contributed by atoms with van der Waals surface area (Å²) in [5.74, 6) is -0.0822. The number of carbonyl (C=O) groups excluding carboxylic acids is 1. The maximum atomic E-state index is 11.9. The zero-order valence-electron chi connectivity index (χ0n) is 8.19. The summed E-state index contributed by atoms with van der Waals surface area (Å²) < 4.78 is 0. The summed E-state index contributed by atoms with van der Waals surface area (Å²) >= 11 is 4.66. The molecule has 1 aromatic rings. The molecule has 0 aliphatic heterocycles. The molecule has 1 fully saturated rings. The third-order valence-electron chi connectivity index (χ3n) is 2.75. The van der Waals surface area contributed by atoms with Gasteiger partial charge in [-0.3, -0.25) is 4.79 Å². The van der Waals surface area contributed by atoms with E-state index in [1.807, 2.05) is 30.3 Å². The Kier molecular flexibility index (Phi) is 2.44. The molecule has 1 aliphatic rings. The second-order valence-electron chi connectivity index (χ2n) is 3.77. The predicted molar refractivity (Wildman–Crippen MR) is 62.3 cm³/mol. The summed E-state index contributed by atoms with van der Waals surface area (Å²) in [7, 11) is 0. The highest BCUT2D eigenvalue weighted by Crippen LogP contribution is 2.48. The van der Waals surface area contributed by atoms with Gasteiger partial charge < -0.3 is 11.1 Å². The third-order valence-corrected chi connectivity index (χ3v) is 2.85. The average molecular weight is 220 g/mol. The molecule has 3 N–H and O–H groups in total. The summed E-state index contributed by atoms with van der Waals surface area (Å²) in [6.07, 6.45) is 1.73. The van der Waals surface area contributed by atoms with Crippen molar-refractivity contribution in [1.82, 2.24) is 5.32 Å². The number of amides is 1. The van der Waals surface area contributed by atoms with Crippen molar-refractivity contribution in [2.45, 2.75) is 18.3 Å². The van der Waals surface area contributed by atoms with Gasteiger partial charge in [0, 0.05) is 0 Å². The van der Waals surface area contributed by atoms with Crippen LogP contribution in [0.3, 0.4) is 0 Å². The number of benzene rings is 1. The highest BCUT2D eigenvalue weighted by molar-refractivity contribution is 7.80. The van der Waals surface area contributed by atoms with Gasteiger partial charge >= 0.3 is 0 Å². The van der Waals surface area contributed by atoms with Crippen molar-refractivity contribution in [2.75, 3.05) is 0 Å². The van der Waals surface area contributed by atoms with Crippen LogP contribution in [-0.4, -0.2) is 11.0 Å². The third kappa shape index (κ3) is 1.85. The lowest BCUT2D eigenvalue weighted by Gasteiger charge is -2.14. The van der Waals surface area contributed by atoms with E-state index in [2.05, 4.69) is 17.5 Å². The Hall–Kier alpha value is -1.42. The van der Waals surface area contributed by atoms with Gasteiger partial charge in [-0.25, -0.2) is 0 Å². The molecule has 78 valence electrons. The number of hydrogen-bond acceptors (Lipinski definition) is 2. The van der Waals surface area contributed by atoms with E-state index in [-0.39, 0.29) is 16.4 Å².